The Morgan fingerprint density at radius 3 is 1.50 bits per heavy atom. The fourth-order valence-electron chi connectivity index (χ4n) is 2.58. The van der Waals surface area contributed by atoms with E-state index >= 15 is 0 Å². The van der Waals surface area contributed by atoms with Crippen LogP contribution in [0.3, 0.4) is 0 Å². The van der Waals surface area contributed by atoms with E-state index in [1.54, 1.807) is 0 Å². The number of ether oxygens (including phenoxy) is 5. The van der Waals surface area contributed by atoms with Gasteiger partial charge in [0.25, 0.3) is 0 Å². The molecule has 0 amide bonds. The smallest absolute Gasteiger partial charge is 0.0701 e. The molecule has 0 aliphatic rings. The molecule has 0 unspecified atom stereocenters. The molecule has 0 atom stereocenters. The zero-order valence-corrected chi connectivity index (χ0v) is 17.2. The predicted octanol–water partition coefficient (Wildman–Crippen LogP) is 2.86. The highest BCUT2D eigenvalue weighted by Crippen LogP contribution is 2.07. The molecule has 0 fully saturated rings. The maximum absolute atomic E-state index is 8.54. The van der Waals surface area contributed by atoms with Crippen molar-refractivity contribution in [2.24, 2.45) is 0 Å². The van der Waals surface area contributed by atoms with Crippen molar-refractivity contribution in [2.45, 2.75) is 32.1 Å². The van der Waals surface area contributed by atoms with Gasteiger partial charge in [-0.2, -0.15) is 0 Å². The van der Waals surface area contributed by atoms with Gasteiger partial charge in [0.15, 0.2) is 0 Å². The standard InChI is InChI=1S/C22H38O6/c23-11-13-25-15-17-27-19-21-28-20-18-26-16-14-24-12-7-2-1-4-8-22-9-5-3-6-10-22/h3,5-6,9-10,23H,1-2,4,7-8,11-21H2. The molecule has 28 heavy (non-hydrogen) atoms. The van der Waals surface area contributed by atoms with Crippen LogP contribution in [0.5, 0.6) is 0 Å². The summed E-state index contributed by atoms with van der Waals surface area (Å²) in [6.45, 7) is 5.69. The number of benzene rings is 1. The van der Waals surface area contributed by atoms with E-state index in [1.807, 2.05) is 0 Å². The first-order valence-electron chi connectivity index (χ1n) is 10.5. The van der Waals surface area contributed by atoms with Crippen molar-refractivity contribution in [1.82, 2.24) is 0 Å². The summed E-state index contributed by atoms with van der Waals surface area (Å²) in [5, 5.41) is 8.54. The van der Waals surface area contributed by atoms with Crippen LogP contribution in [0, 0.1) is 0 Å². The Morgan fingerprint density at radius 1 is 0.500 bits per heavy atom. The number of unbranched alkanes of at least 4 members (excludes halogenated alkanes) is 3. The average molecular weight is 399 g/mol. The largest absolute Gasteiger partial charge is 0.394 e. The summed E-state index contributed by atoms with van der Waals surface area (Å²) >= 11 is 0. The monoisotopic (exact) mass is 398 g/mol. The molecule has 0 saturated heterocycles. The molecular formula is C22H38O6. The average Bonchev–Trinajstić information content (AvgIpc) is 2.73. The van der Waals surface area contributed by atoms with E-state index in [0.717, 1.165) is 13.0 Å². The first-order valence-corrected chi connectivity index (χ1v) is 10.5. The van der Waals surface area contributed by atoms with Gasteiger partial charge in [-0.25, -0.2) is 0 Å². The van der Waals surface area contributed by atoms with Gasteiger partial charge in [0, 0.05) is 6.61 Å². The highest BCUT2D eigenvalue weighted by atomic mass is 16.6. The number of hydrogen-bond acceptors (Lipinski definition) is 6. The van der Waals surface area contributed by atoms with E-state index < -0.39 is 0 Å². The third-order valence-electron chi connectivity index (χ3n) is 4.07. The second-order valence-corrected chi connectivity index (χ2v) is 6.44. The number of aliphatic hydroxyl groups excluding tert-OH is 1. The van der Waals surface area contributed by atoms with Gasteiger partial charge in [-0.1, -0.05) is 43.2 Å². The quantitative estimate of drug-likeness (QED) is 0.321. The van der Waals surface area contributed by atoms with Crippen LogP contribution >= 0.6 is 0 Å². The number of aryl methyl sites for hydroxylation is 1. The molecule has 0 aliphatic carbocycles. The molecule has 1 aromatic carbocycles. The summed E-state index contributed by atoms with van der Waals surface area (Å²) in [5.74, 6) is 0. The molecule has 0 spiro atoms. The van der Waals surface area contributed by atoms with Crippen molar-refractivity contribution in [3.05, 3.63) is 35.9 Å². The van der Waals surface area contributed by atoms with Crippen LogP contribution in [0.1, 0.15) is 31.2 Å². The fraction of sp³-hybridized carbons (Fsp3) is 0.727. The van der Waals surface area contributed by atoms with E-state index in [0.29, 0.717) is 59.5 Å². The lowest BCUT2D eigenvalue weighted by molar-refractivity contribution is -0.0134. The first kappa shape index (κ1) is 25.0. The second kappa shape index (κ2) is 20.7. The number of aliphatic hydroxyl groups is 1. The third kappa shape index (κ3) is 17.1. The Bertz CT molecular complexity index is 415. The van der Waals surface area contributed by atoms with Gasteiger partial charge in [-0.05, 0) is 24.8 Å². The summed E-state index contributed by atoms with van der Waals surface area (Å²) in [5.41, 5.74) is 1.43. The maximum atomic E-state index is 8.54. The van der Waals surface area contributed by atoms with Crippen LogP contribution in [-0.2, 0) is 30.1 Å². The van der Waals surface area contributed by atoms with Crippen LogP contribution in [0.25, 0.3) is 0 Å². The molecule has 1 N–H and O–H groups in total. The minimum Gasteiger partial charge on any atom is -0.394 e. The molecule has 0 saturated carbocycles. The van der Waals surface area contributed by atoms with E-state index in [4.69, 9.17) is 28.8 Å². The van der Waals surface area contributed by atoms with Crippen LogP contribution in [0.4, 0.5) is 0 Å². The number of rotatable bonds is 21. The van der Waals surface area contributed by atoms with Gasteiger partial charge in [-0.3, -0.25) is 0 Å². The van der Waals surface area contributed by atoms with Crippen LogP contribution in [0.2, 0.25) is 0 Å². The SMILES string of the molecule is OCCOCCOCCOCCOCCOCCCCCCc1ccccc1. The van der Waals surface area contributed by atoms with Crippen molar-refractivity contribution in [1.29, 1.82) is 0 Å². The van der Waals surface area contributed by atoms with Crippen molar-refractivity contribution in [3.63, 3.8) is 0 Å². The topological polar surface area (TPSA) is 66.4 Å². The Morgan fingerprint density at radius 2 is 0.964 bits per heavy atom. The van der Waals surface area contributed by atoms with Gasteiger partial charge < -0.3 is 28.8 Å². The van der Waals surface area contributed by atoms with Crippen molar-refractivity contribution >= 4 is 0 Å². The Balaban J connectivity index is 1.67. The van der Waals surface area contributed by atoms with Gasteiger partial charge in [0.2, 0.25) is 0 Å². The molecule has 6 nitrogen and oxygen atoms in total. The molecule has 0 radical (unpaired) electrons. The van der Waals surface area contributed by atoms with Crippen molar-refractivity contribution in [2.75, 3.05) is 72.7 Å². The summed E-state index contributed by atoms with van der Waals surface area (Å²) in [6.07, 6.45) is 6.00. The minimum atomic E-state index is 0.0450. The highest BCUT2D eigenvalue weighted by molar-refractivity contribution is 5.14. The van der Waals surface area contributed by atoms with E-state index in [2.05, 4.69) is 30.3 Å². The summed E-state index contributed by atoms with van der Waals surface area (Å²) in [6, 6.07) is 10.7. The lowest BCUT2D eigenvalue weighted by atomic mass is 10.1. The van der Waals surface area contributed by atoms with Crippen LogP contribution in [-0.4, -0.2) is 77.8 Å². The highest BCUT2D eigenvalue weighted by Gasteiger charge is 1.95. The molecule has 0 bridgehead atoms. The first-order chi connectivity index (χ1) is 13.9. The zero-order valence-electron chi connectivity index (χ0n) is 17.2. The maximum Gasteiger partial charge on any atom is 0.0701 e. The number of hydrogen-bond donors (Lipinski definition) is 1. The van der Waals surface area contributed by atoms with Gasteiger partial charge >= 0.3 is 0 Å². The van der Waals surface area contributed by atoms with E-state index in [9.17, 15) is 0 Å². The summed E-state index contributed by atoms with van der Waals surface area (Å²) in [4.78, 5) is 0. The van der Waals surface area contributed by atoms with Crippen LogP contribution < -0.4 is 0 Å². The molecule has 162 valence electrons. The predicted molar refractivity (Wildman–Crippen MR) is 110 cm³/mol. The van der Waals surface area contributed by atoms with E-state index in [1.165, 1.54) is 31.2 Å². The fourth-order valence-corrected chi connectivity index (χ4v) is 2.58. The molecule has 6 heteroatoms. The van der Waals surface area contributed by atoms with Crippen molar-refractivity contribution < 1.29 is 28.8 Å². The molecule has 0 aliphatic heterocycles. The second-order valence-electron chi connectivity index (χ2n) is 6.44. The Kier molecular flexibility index (Phi) is 18.5. The summed E-state index contributed by atoms with van der Waals surface area (Å²) in [7, 11) is 0. The molecular weight excluding hydrogens is 360 g/mol. The third-order valence-corrected chi connectivity index (χ3v) is 4.07. The van der Waals surface area contributed by atoms with Gasteiger partial charge in [0.1, 0.15) is 0 Å². The molecule has 1 aromatic rings. The van der Waals surface area contributed by atoms with Gasteiger partial charge in [0.05, 0.1) is 66.1 Å². The van der Waals surface area contributed by atoms with Gasteiger partial charge in [-0.15, -0.1) is 0 Å². The Hall–Kier alpha value is -1.02. The van der Waals surface area contributed by atoms with Crippen LogP contribution in [0.15, 0.2) is 30.3 Å². The van der Waals surface area contributed by atoms with Crippen molar-refractivity contribution in [3.8, 4) is 0 Å². The Labute approximate surface area is 170 Å². The molecule has 1 rings (SSSR count). The normalized spacial score (nSPS) is 11.2. The van der Waals surface area contributed by atoms with E-state index in [-0.39, 0.29) is 6.61 Å². The zero-order chi connectivity index (χ0) is 20.0. The lowest BCUT2D eigenvalue weighted by Gasteiger charge is -2.08. The lowest BCUT2D eigenvalue weighted by Crippen LogP contribution is -2.13. The molecule has 0 aromatic heterocycles. The minimum absolute atomic E-state index is 0.0450. The molecule has 0 heterocycles. The summed E-state index contributed by atoms with van der Waals surface area (Å²) < 4.78 is 26.8.